The number of fused-ring (bicyclic) bond motifs is 1. The maximum atomic E-state index is 13.6. The molecule has 0 amide bonds. The van der Waals surface area contributed by atoms with Gasteiger partial charge in [-0.25, -0.2) is 9.37 Å². The molecule has 1 unspecified atom stereocenters. The molecule has 0 N–H and O–H groups in total. The third-order valence-corrected chi connectivity index (χ3v) is 4.72. The van der Waals surface area contributed by atoms with E-state index >= 15 is 0 Å². The molecule has 108 valence electrons. The number of benzene rings is 1. The van der Waals surface area contributed by atoms with Gasteiger partial charge in [-0.15, -0.1) is 11.6 Å². The van der Waals surface area contributed by atoms with Gasteiger partial charge in [0.2, 0.25) is 0 Å². The molecule has 1 saturated carbocycles. The first-order valence-electron chi connectivity index (χ1n) is 6.84. The smallest absolute Gasteiger partial charge is 0.144 e. The Hall–Kier alpha value is -0.800. The van der Waals surface area contributed by atoms with Gasteiger partial charge >= 0.3 is 0 Å². The van der Waals surface area contributed by atoms with Crippen LogP contribution in [0, 0.1) is 11.7 Å². The van der Waals surface area contributed by atoms with E-state index in [1.54, 1.807) is 6.07 Å². The van der Waals surface area contributed by atoms with Crippen LogP contribution >= 0.6 is 23.2 Å². The van der Waals surface area contributed by atoms with Crippen LogP contribution in [0.2, 0.25) is 5.02 Å². The molecule has 0 bridgehead atoms. The van der Waals surface area contributed by atoms with E-state index in [9.17, 15) is 4.39 Å². The summed E-state index contributed by atoms with van der Waals surface area (Å²) in [6, 6.07) is 3.05. The van der Waals surface area contributed by atoms with Crippen molar-refractivity contribution in [1.82, 2.24) is 9.55 Å². The fraction of sp³-hybridized carbons (Fsp3) is 0.533. The van der Waals surface area contributed by atoms with Crippen molar-refractivity contribution in [2.75, 3.05) is 0 Å². The standard InChI is InChI=1S/C15H17Cl2FN2/c1-8(16)14-19-12-7-11(18)10(17)6-13(12)20(14)15(2,3)9-4-5-9/h6-9H,4-5H2,1-3H3. The normalized spacial score (nSPS) is 17.7. The highest BCUT2D eigenvalue weighted by atomic mass is 35.5. The van der Waals surface area contributed by atoms with Crippen LogP contribution < -0.4 is 0 Å². The van der Waals surface area contributed by atoms with Crippen molar-refractivity contribution in [3.05, 3.63) is 28.8 Å². The average Bonchev–Trinajstić information content (AvgIpc) is 3.13. The molecule has 1 aliphatic carbocycles. The molecule has 3 rings (SSSR count). The summed E-state index contributed by atoms with van der Waals surface area (Å²) in [7, 11) is 0. The third kappa shape index (κ3) is 2.11. The highest BCUT2D eigenvalue weighted by Gasteiger charge is 2.41. The van der Waals surface area contributed by atoms with Gasteiger partial charge in [0.25, 0.3) is 0 Å². The average molecular weight is 315 g/mol. The van der Waals surface area contributed by atoms with E-state index in [4.69, 9.17) is 23.2 Å². The molecule has 1 aliphatic rings. The van der Waals surface area contributed by atoms with Crippen LogP contribution in [-0.2, 0) is 5.54 Å². The van der Waals surface area contributed by atoms with Crippen LogP contribution in [0.3, 0.4) is 0 Å². The van der Waals surface area contributed by atoms with Gasteiger partial charge in [-0.3, -0.25) is 0 Å². The van der Waals surface area contributed by atoms with Gasteiger partial charge in [-0.2, -0.15) is 0 Å². The van der Waals surface area contributed by atoms with E-state index < -0.39 is 5.82 Å². The summed E-state index contributed by atoms with van der Waals surface area (Å²) in [5.74, 6) is 0.944. The second kappa shape index (κ2) is 4.60. The van der Waals surface area contributed by atoms with Crippen molar-refractivity contribution in [2.24, 2.45) is 5.92 Å². The maximum absolute atomic E-state index is 13.6. The van der Waals surface area contributed by atoms with Gasteiger partial charge in [0, 0.05) is 11.6 Å². The molecule has 1 aromatic carbocycles. The Morgan fingerprint density at radius 2 is 2.05 bits per heavy atom. The molecule has 1 fully saturated rings. The molecule has 0 aliphatic heterocycles. The van der Waals surface area contributed by atoms with Gasteiger partial charge in [0.05, 0.1) is 21.4 Å². The first-order valence-corrected chi connectivity index (χ1v) is 7.65. The molecule has 0 spiro atoms. The predicted octanol–water partition coefficient (Wildman–Crippen LogP) is 5.27. The number of nitrogens with zero attached hydrogens (tertiary/aromatic N) is 2. The summed E-state index contributed by atoms with van der Waals surface area (Å²) in [6.45, 7) is 6.26. The Kier molecular flexibility index (Phi) is 3.26. The van der Waals surface area contributed by atoms with Crippen LogP contribution in [-0.4, -0.2) is 9.55 Å². The fourth-order valence-corrected chi connectivity index (χ4v) is 3.24. The lowest BCUT2D eigenvalue weighted by atomic mass is 9.97. The molecule has 2 nitrogen and oxygen atoms in total. The largest absolute Gasteiger partial charge is 0.321 e. The first-order chi connectivity index (χ1) is 9.32. The minimum Gasteiger partial charge on any atom is -0.321 e. The molecular weight excluding hydrogens is 298 g/mol. The number of halogens is 3. The number of hydrogen-bond donors (Lipinski definition) is 0. The van der Waals surface area contributed by atoms with Crippen LogP contribution in [0.25, 0.3) is 11.0 Å². The lowest BCUT2D eigenvalue weighted by Crippen LogP contribution is -2.30. The van der Waals surface area contributed by atoms with Gasteiger partial charge in [0.15, 0.2) is 0 Å². The van der Waals surface area contributed by atoms with E-state index in [2.05, 4.69) is 23.4 Å². The first kappa shape index (κ1) is 14.2. The number of imidazole rings is 1. The summed E-state index contributed by atoms with van der Waals surface area (Å²) in [6.07, 6.45) is 2.41. The Labute approximate surface area is 127 Å². The van der Waals surface area contributed by atoms with Crippen molar-refractivity contribution in [2.45, 2.75) is 44.5 Å². The summed E-state index contributed by atoms with van der Waals surface area (Å²) in [5, 5.41) is -0.110. The third-order valence-electron chi connectivity index (χ3n) is 4.23. The van der Waals surface area contributed by atoms with Crippen LogP contribution in [0.5, 0.6) is 0 Å². The van der Waals surface area contributed by atoms with Gasteiger partial charge < -0.3 is 4.57 Å². The number of alkyl halides is 1. The SMILES string of the molecule is CC(Cl)c1nc2cc(F)c(Cl)cc2n1C(C)(C)C1CC1. The highest BCUT2D eigenvalue weighted by Crippen LogP contribution is 2.46. The minimum atomic E-state index is -0.443. The molecule has 1 aromatic heterocycles. The summed E-state index contributed by atoms with van der Waals surface area (Å²) < 4.78 is 15.8. The lowest BCUT2D eigenvalue weighted by molar-refractivity contribution is 0.304. The molecule has 0 saturated heterocycles. The molecule has 1 heterocycles. The Bertz CT molecular complexity index is 672. The van der Waals surface area contributed by atoms with Crippen molar-refractivity contribution in [1.29, 1.82) is 0 Å². The van der Waals surface area contributed by atoms with Crippen molar-refractivity contribution >= 4 is 34.2 Å². The molecular formula is C15H17Cl2FN2. The maximum Gasteiger partial charge on any atom is 0.144 e. The van der Waals surface area contributed by atoms with Gasteiger partial charge in [-0.05, 0) is 45.6 Å². The second-order valence-corrected chi connectivity index (χ2v) is 7.17. The molecule has 1 atom stereocenters. The van der Waals surface area contributed by atoms with Crippen LogP contribution in [0.1, 0.15) is 44.8 Å². The number of hydrogen-bond acceptors (Lipinski definition) is 1. The summed E-state index contributed by atoms with van der Waals surface area (Å²) in [4.78, 5) is 4.52. The molecule has 2 aromatic rings. The topological polar surface area (TPSA) is 17.8 Å². The summed E-state index contributed by atoms with van der Waals surface area (Å²) in [5.41, 5.74) is 1.38. The Morgan fingerprint density at radius 3 is 2.60 bits per heavy atom. The van der Waals surface area contributed by atoms with Crippen LogP contribution in [0.15, 0.2) is 12.1 Å². The predicted molar refractivity (Wildman–Crippen MR) is 81.0 cm³/mol. The van der Waals surface area contributed by atoms with Gasteiger partial charge in [0.1, 0.15) is 11.6 Å². The Morgan fingerprint density at radius 1 is 1.40 bits per heavy atom. The van der Waals surface area contributed by atoms with Crippen molar-refractivity contribution in [3.8, 4) is 0 Å². The van der Waals surface area contributed by atoms with Crippen LogP contribution in [0.4, 0.5) is 4.39 Å². The molecule has 20 heavy (non-hydrogen) atoms. The fourth-order valence-electron chi connectivity index (χ4n) is 2.94. The van der Waals surface area contributed by atoms with Crippen molar-refractivity contribution < 1.29 is 4.39 Å². The number of rotatable bonds is 3. The monoisotopic (exact) mass is 314 g/mol. The molecule has 5 heteroatoms. The second-order valence-electron chi connectivity index (χ2n) is 6.10. The quantitative estimate of drug-likeness (QED) is 0.705. The molecule has 0 radical (unpaired) electrons. The zero-order valence-electron chi connectivity index (χ0n) is 11.8. The Balaban J connectivity index is 2.31. The van der Waals surface area contributed by atoms with E-state index in [0.717, 1.165) is 11.3 Å². The highest BCUT2D eigenvalue weighted by molar-refractivity contribution is 6.31. The van der Waals surface area contributed by atoms with Crippen molar-refractivity contribution in [3.63, 3.8) is 0 Å². The number of aromatic nitrogens is 2. The zero-order valence-corrected chi connectivity index (χ0v) is 13.3. The zero-order chi connectivity index (χ0) is 14.7. The van der Waals surface area contributed by atoms with E-state index in [0.29, 0.717) is 11.4 Å². The van der Waals surface area contributed by atoms with E-state index in [1.165, 1.54) is 18.9 Å². The summed E-state index contributed by atoms with van der Waals surface area (Å²) >= 11 is 12.2. The lowest BCUT2D eigenvalue weighted by Gasteiger charge is -2.30. The minimum absolute atomic E-state index is 0.0889. The van der Waals surface area contributed by atoms with E-state index in [1.807, 2.05) is 6.92 Å². The van der Waals surface area contributed by atoms with E-state index in [-0.39, 0.29) is 15.9 Å². The van der Waals surface area contributed by atoms with Gasteiger partial charge in [-0.1, -0.05) is 11.6 Å².